The first-order valence-electron chi connectivity index (χ1n) is 7.26. The lowest BCUT2D eigenvalue weighted by molar-refractivity contribution is -0.117. The van der Waals surface area contributed by atoms with Crippen molar-refractivity contribution in [3.8, 4) is 6.07 Å². The molecule has 0 saturated carbocycles. The molecule has 5 heteroatoms. The highest BCUT2D eigenvalue weighted by molar-refractivity contribution is 6.01. The number of hydrogen-bond acceptors (Lipinski definition) is 3. The van der Waals surface area contributed by atoms with Gasteiger partial charge in [-0.25, -0.2) is 0 Å². The van der Waals surface area contributed by atoms with Crippen molar-refractivity contribution in [2.75, 3.05) is 6.54 Å². The van der Waals surface area contributed by atoms with Crippen molar-refractivity contribution in [2.24, 2.45) is 0 Å². The molecule has 2 N–H and O–H groups in total. The van der Waals surface area contributed by atoms with E-state index < -0.39 is 5.91 Å². The van der Waals surface area contributed by atoms with E-state index in [1.54, 1.807) is 12.1 Å². The number of carbonyl (C=O) groups excluding carboxylic acids is 1. The number of nitriles is 1. The summed E-state index contributed by atoms with van der Waals surface area (Å²) < 4.78 is 5.12. The molecule has 114 valence electrons. The molecule has 0 spiro atoms. The molecular weight excluding hydrogens is 290 g/mol. The minimum absolute atomic E-state index is 0.0267. The minimum atomic E-state index is -0.399. The first kappa shape index (κ1) is 14.7. The summed E-state index contributed by atoms with van der Waals surface area (Å²) in [7, 11) is 0. The summed E-state index contributed by atoms with van der Waals surface area (Å²) in [5.74, 6) is 0.0806. The zero-order chi connectivity index (χ0) is 16.1. The quantitative estimate of drug-likeness (QED) is 0.561. The fraction of sp³-hybridized carbons (Fsp3) is 0.111. The summed E-state index contributed by atoms with van der Waals surface area (Å²) in [4.78, 5) is 15.2. The van der Waals surface area contributed by atoms with Crippen LogP contribution in [0.15, 0.2) is 58.8 Å². The average molecular weight is 305 g/mol. The van der Waals surface area contributed by atoms with E-state index in [4.69, 9.17) is 9.68 Å². The molecule has 0 aliphatic heterocycles. The van der Waals surface area contributed by atoms with Crippen LogP contribution in [0.2, 0.25) is 0 Å². The van der Waals surface area contributed by atoms with Gasteiger partial charge < -0.3 is 14.7 Å². The summed E-state index contributed by atoms with van der Waals surface area (Å²) in [5, 5.41) is 13.0. The van der Waals surface area contributed by atoms with Crippen LogP contribution >= 0.6 is 0 Å². The van der Waals surface area contributed by atoms with Crippen molar-refractivity contribution in [1.82, 2.24) is 10.3 Å². The van der Waals surface area contributed by atoms with Crippen LogP contribution in [0.25, 0.3) is 17.0 Å². The zero-order valence-corrected chi connectivity index (χ0v) is 12.4. The average Bonchev–Trinajstić information content (AvgIpc) is 3.22. The standard InChI is InChI=1S/C18H15N3O2/c19-11-14(10-15-4-3-9-23-15)18(22)20-8-7-13-12-21-17-6-2-1-5-16(13)17/h1-6,9-10,12,21H,7-8H2,(H,20,22)/b14-10+. The molecule has 3 aromatic rings. The maximum atomic E-state index is 12.0. The summed E-state index contributed by atoms with van der Waals surface area (Å²) in [6.07, 6.45) is 5.56. The van der Waals surface area contributed by atoms with Gasteiger partial charge in [0.15, 0.2) is 0 Å². The number of furan rings is 1. The number of para-hydroxylation sites is 1. The first-order valence-corrected chi connectivity index (χ1v) is 7.26. The molecule has 1 aromatic carbocycles. The van der Waals surface area contributed by atoms with Gasteiger partial charge in [-0.05, 0) is 30.2 Å². The highest BCUT2D eigenvalue weighted by Crippen LogP contribution is 2.17. The number of fused-ring (bicyclic) bond motifs is 1. The maximum absolute atomic E-state index is 12.0. The third-order valence-corrected chi connectivity index (χ3v) is 3.55. The van der Waals surface area contributed by atoms with E-state index in [0.717, 1.165) is 16.5 Å². The van der Waals surface area contributed by atoms with Gasteiger partial charge in [-0.15, -0.1) is 0 Å². The molecule has 1 amide bonds. The van der Waals surface area contributed by atoms with E-state index in [1.165, 1.54) is 12.3 Å². The Kier molecular flexibility index (Phi) is 4.25. The molecule has 0 atom stereocenters. The van der Waals surface area contributed by atoms with Crippen LogP contribution in [-0.4, -0.2) is 17.4 Å². The van der Waals surface area contributed by atoms with E-state index in [2.05, 4.69) is 10.3 Å². The van der Waals surface area contributed by atoms with Crippen LogP contribution < -0.4 is 5.32 Å². The smallest absolute Gasteiger partial charge is 0.262 e. The van der Waals surface area contributed by atoms with Gasteiger partial charge in [0.2, 0.25) is 0 Å². The largest absolute Gasteiger partial charge is 0.465 e. The van der Waals surface area contributed by atoms with Crippen LogP contribution in [0.5, 0.6) is 0 Å². The molecule has 23 heavy (non-hydrogen) atoms. The second-order valence-corrected chi connectivity index (χ2v) is 5.05. The number of rotatable bonds is 5. The lowest BCUT2D eigenvalue weighted by Crippen LogP contribution is -2.26. The molecule has 2 heterocycles. The van der Waals surface area contributed by atoms with E-state index in [-0.39, 0.29) is 5.57 Å². The highest BCUT2D eigenvalue weighted by atomic mass is 16.3. The van der Waals surface area contributed by atoms with Crippen molar-refractivity contribution < 1.29 is 9.21 Å². The molecule has 0 aliphatic carbocycles. The summed E-state index contributed by atoms with van der Waals surface area (Å²) in [5.41, 5.74) is 2.23. The van der Waals surface area contributed by atoms with Gasteiger partial charge in [-0.1, -0.05) is 18.2 Å². The highest BCUT2D eigenvalue weighted by Gasteiger charge is 2.10. The topological polar surface area (TPSA) is 81.8 Å². The number of H-pyrrole nitrogens is 1. The van der Waals surface area contributed by atoms with Crippen LogP contribution in [0.3, 0.4) is 0 Å². The Bertz CT molecular complexity index is 883. The van der Waals surface area contributed by atoms with E-state index in [0.29, 0.717) is 18.7 Å². The predicted octanol–water partition coefficient (Wildman–Crippen LogP) is 3.03. The second kappa shape index (κ2) is 6.67. The van der Waals surface area contributed by atoms with Gasteiger partial charge in [-0.2, -0.15) is 5.26 Å². The van der Waals surface area contributed by atoms with Crippen LogP contribution in [-0.2, 0) is 11.2 Å². The number of aromatic amines is 1. The summed E-state index contributed by atoms with van der Waals surface area (Å²) >= 11 is 0. The van der Waals surface area contributed by atoms with Gasteiger partial charge in [0, 0.05) is 29.7 Å². The zero-order valence-electron chi connectivity index (χ0n) is 12.4. The van der Waals surface area contributed by atoms with Gasteiger partial charge in [0.1, 0.15) is 17.4 Å². The van der Waals surface area contributed by atoms with Gasteiger partial charge in [0.25, 0.3) is 5.91 Å². The monoisotopic (exact) mass is 305 g/mol. The number of amides is 1. The van der Waals surface area contributed by atoms with E-state index in [1.807, 2.05) is 36.5 Å². The van der Waals surface area contributed by atoms with E-state index in [9.17, 15) is 4.79 Å². The number of aromatic nitrogens is 1. The van der Waals surface area contributed by atoms with Gasteiger partial charge >= 0.3 is 0 Å². The van der Waals surface area contributed by atoms with Gasteiger partial charge in [0.05, 0.1) is 6.26 Å². The molecule has 0 fully saturated rings. The minimum Gasteiger partial charge on any atom is -0.465 e. The lowest BCUT2D eigenvalue weighted by Gasteiger charge is -2.03. The molecular formula is C18H15N3O2. The number of carbonyl (C=O) groups is 1. The van der Waals surface area contributed by atoms with Crippen molar-refractivity contribution in [3.63, 3.8) is 0 Å². The number of nitrogens with zero attached hydrogens (tertiary/aromatic N) is 1. The molecule has 0 saturated heterocycles. The molecule has 5 nitrogen and oxygen atoms in total. The van der Waals surface area contributed by atoms with Crippen molar-refractivity contribution in [3.05, 3.63) is 65.8 Å². The maximum Gasteiger partial charge on any atom is 0.262 e. The fourth-order valence-electron chi connectivity index (χ4n) is 2.41. The Morgan fingerprint density at radius 2 is 2.17 bits per heavy atom. The Hall–Kier alpha value is -3.26. The predicted molar refractivity (Wildman–Crippen MR) is 87.3 cm³/mol. The molecule has 0 bridgehead atoms. The molecule has 0 unspecified atom stereocenters. The second-order valence-electron chi connectivity index (χ2n) is 5.05. The van der Waals surface area contributed by atoms with Crippen molar-refractivity contribution in [1.29, 1.82) is 5.26 Å². The van der Waals surface area contributed by atoms with Crippen LogP contribution in [0, 0.1) is 11.3 Å². The van der Waals surface area contributed by atoms with Crippen molar-refractivity contribution in [2.45, 2.75) is 6.42 Å². The number of nitrogens with one attached hydrogen (secondary N) is 2. The van der Waals surface area contributed by atoms with Crippen LogP contribution in [0.1, 0.15) is 11.3 Å². The Balaban J connectivity index is 1.62. The molecule has 2 aromatic heterocycles. The normalized spacial score (nSPS) is 11.3. The van der Waals surface area contributed by atoms with Gasteiger partial charge in [-0.3, -0.25) is 4.79 Å². The lowest BCUT2D eigenvalue weighted by atomic mass is 10.1. The van der Waals surface area contributed by atoms with Crippen molar-refractivity contribution >= 4 is 22.9 Å². The summed E-state index contributed by atoms with van der Waals surface area (Å²) in [6.45, 7) is 0.456. The van der Waals surface area contributed by atoms with Crippen LogP contribution in [0.4, 0.5) is 0 Å². The molecule has 0 aliphatic rings. The molecule has 3 rings (SSSR count). The third kappa shape index (κ3) is 3.33. The SMILES string of the molecule is N#C/C(=C\c1ccco1)C(=O)NCCc1c[nH]c2ccccc12. The number of benzene rings is 1. The molecule has 0 radical (unpaired) electrons. The Morgan fingerprint density at radius 3 is 2.96 bits per heavy atom. The van der Waals surface area contributed by atoms with E-state index >= 15 is 0 Å². The first-order chi connectivity index (χ1) is 11.3. The Labute approximate surface area is 133 Å². The fourth-order valence-corrected chi connectivity index (χ4v) is 2.41. The third-order valence-electron chi connectivity index (χ3n) is 3.55. The number of hydrogen-bond donors (Lipinski definition) is 2. The summed E-state index contributed by atoms with van der Waals surface area (Å²) in [6, 6.07) is 13.3. The Morgan fingerprint density at radius 1 is 1.30 bits per heavy atom.